The summed E-state index contributed by atoms with van der Waals surface area (Å²) >= 11 is 0.411. The van der Waals surface area contributed by atoms with E-state index in [2.05, 4.69) is 10.2 Å². The summed E-state index contributed by atoms with van der Waals surface area (Å²) < 4.78 is 63.7. The van der Waals surface area contributed by atoms with Crippen LogP contribution in [0.3, 0.4) is 0 Å². The van der Waals surface area contributed by atoms with Gasteiger partial charge in [0.05, 0.1) is 0 Å². The first-order valence-electron chi connectivity index (χ1n) is 6.53. The molecule has 1 saturated carbocycles. The van der Waals surface area contributed by atoms with Crippen LogP contribution >= 0.6 is 11.3 Å². The number of alkyl halides is 5. The molecule has 0 saturated heterocycles. The van der Waals surface area contributed by atoms with E-state index in [0.717, 1.165) is 0 Å². The fraction of sp³-hybridized carbons (Fsp3) is 0.727. The van der Waals surface area contributed by atoms with E-state index in [0.29, 0.717) is 37.0 Å². The highest BCUT2D eigenvalue weighted by Gasteiger charge is 2.46. The molecule has 5 nitrogen and oxygen atoms in total. The average Bonchev–Trinajstić information content (AvgIpc) is 3.05. The Morgan fingerprint density at radius 3 is 2.36 bits per heavy atom. The number of hydrogen-bond donors (Lipinski definition) is 2. The second-order valence-corrected chi connectivity index (χ2v) is 5.92. The molecule has 1 aliphatic carbocycles. The lowest BCUT2D eigenvalue weighted by molar-refractivity contribution is -0.164. The summed E-state index contributed by atoms with van der Waals surface area (Å²) in [6.45, 7) is 0. The number of amides is 2. The summed E-state index contributed by atoms with van der Waals surface area (Å²) in [5.41, 5.74) is 0. The molecule has 0 aliphatic heterocycles. The first kappa shape index (κ1) is 16.8. The Bertz CT molecular complexity index is 515. The van der Waals surface area contributed by atoms with E-state index in [1.807, 2.05) is 10.6 Å². The van der Waals surface area contributed by atoms with Crippen LogP contribution in [-0.2, 0) is 0 Å². The molecule has 0 radical (unpaired) electrons. The molecule has 1 aliphatic rings. The molecule has 1 atom stereocenters. The molecule has 1 aromatic rings. The van der Waals surface area contributed by atoms with Crippen LogP contribution in [0.25, 0.3) is 0 Å². The highest BCUT2D eigenvalue weighted by Crippen LogP contribution is 2.35. The maximum atomic E-state index is 13.0. The van der Waals surface area contributed by atoms with Gasteiger partial charge in [-0.2, -0.15) is 13.2 Å². The van der Waals surface area contributed by atoms with Crippen LogP contribution in [0.1, 0.15) is 37.1 Å². The summed E-state index contributed by atoms with van der Waals surface area (Å²) in [5.74, 6) is -0.670. The number of nitrogens with one attached hydrogen (secondary N) is 2. The van der Waals surface area contributed by atoms with Gasteiger partial charge in [-0.3, -0.25) is 5.32 Å². The number of nitrogens with zero attached hydrogens (tertiary/aromatic N) is 2. The molecule has 11 heteroatoms. The fourth-order valence-electron chi connectivity index (χ4n) is 2.41. The number of carbonyl (C=O) groups excluding carboxylic acids is 1. The molecule has 1 fully saturated rings. The van der Waals surface area contributed by atoms with Crippen LogP contribution in [0.5, 0.6) is 0 Å². The van der Waals surface area contributed by atoms with Crippen molar-refractivity contribution in [3.63, 3.8) is 0 Å². The topological polar surface area (TPSA) is 66.9 Å². The fourth-order valence-corrected chi connectivity index (χ4v) is 3.00. The number of halogens is 5. The smallest absolute Gasteiger partial charge is 0.326 e. The van der Waals surface area contributed by atoms with Crippen molar-refractivity contribution in [1.29, 1.82) is 0 Å². The van der Waals surface area contributed by atoms with E-state index >= 15 is 0 Å². The van der Waals surface area contributed by atoms with E-state index < -0.39 is 35.6 Å². The Balaban J connectivity index is 1.98. The van der Waals surface area contributed by atoms with Gasteiger partial charge in [0, 0.05) is 0 Å². The standard InChI is InChI=1S/C11H13F5N4OS/c12-7(13)8-19-20-10(22-8)18-9(21)17-6(11(14,15)16)5-3-1-2-4-5/h5-7H,1-4H2,(H2,17,18,20,21)/t6-/m0/s1. The van der Waals surface area contributed by atoms with Gasteiger partial charge in [0.15, 0.2) is 5.01 Å². The Labute approximate surface area is 126 Å². The Morgan fingerprint density at radius 2 is 1.86 bits per heavy atom. The number of hydrogen-bond acceptors (Lipinski definition) is 4. The number of anilines is 1. The minimum atomic E-state index is -4.57. The van der Waals surface area contributed by atoms with E-state index in [9.17, 15) is 26.7 Å². The van der Waals surface area contributed by atoms with Gasteiger partial charge in [0.1, 0.15) is 6.04 Å². The van der Waals surface area contributed by atoms with E-state index in [1.165, 1.54) is 0 Å². The minimum Gasteiger partial charge on any atom is -0.326 e. The van der Waals surface area contributed by atoms with Gasteiger partial charge >= 0.3 is 12.2 Å². The molecular weight excluding hydrogens is 331 g/mol. The maximum Gasteiger partial charge on any atom is 0.408 e. The van der Waals surface area contributed by atoms with Gasteiger partial charge in [-0.05, 0) is 18.8 Å². The average molecular weight is 344 g/mol. The largest absolute Gasteiger partial charge is 0.408 e. The van der Waals surface area contributed by atoms with Crippen molar-refractivity contribution in [1.82, 2.24) is 15.5 Å². The molecule has 1 aromatic heterocycles. The van der Waals surface area contributed by atoms with Crippen molar-refractivity contribution in [2.75, 3.05) is 5.32 Å². The predicted octanol–water partition coefficient (Wildman–Crippen LogP) is 3.72. The van der Waals surface area contributed by atoms with Crippen LogP contribution in [0, 0.1) is 5.92 Å². The summed E-state index contributed by atoms with van der Waals surface area (Å²) in [7, 11) is 0. The molecular formula is C11H13F5N4OS. The Hall–Kier alpha value is -1.52. The van der Waals surface area contributed by atoms with Gasteiger partial charge in [0.25, 0.3) is 6.43 Å². The molecule has 124 valence electrons. The molecule has 2 rings (SSSR count). The van der Waals surface area contributed by atoms with Crippen LogP contribution in [0.2, 0.25) is 0 Å². The second kappa shape index (κ2) is 6.71. The second-order valence-electron chi connectivity index (χ2n) is 4.91. The third-order valence-corrected chi connectivity index (χ3v) is 4.20. The zero-order valence-corrected chi connectivity index (χ0v) is 12.0. The first-order valence-corrected chi connectivity index (χ1v) is 7.35. The third-order valence-electron chi connectivity index (χ3n) is 3.36. The number of urea groups is 1. The van der Waals surface area contributed by atoms with Gasteiger partial charge < -0.3 is 5.32 Å². The number of aromatic nitrogens is 2. The normalized spacial score (nSPS) is 17.7. The van der Waals surface area contributed by atoms with Gasteiger partial charge in [-0.1, -0.05) is 24.2 Å². The Morgan fingerprint density at radius 1 is 1.23 bits per heavy atom. The van der Waals surface area contributed by atoms with Crippen LogP contribution in [0.4, 0.5) is 31.9 Å². The third kappa shape index (κ3) is 4.24. The predicted molar refractivity (Wildman–Crippen MR) is 68.8 cm³/mol. The van der Waals surface area contributed by atoms with Gasteiger partial charge in [-0.15, -0.1) is 10.2 Å². The SMILES string of the molecule is O=C(Nc1nnc(C(F)F)s1)N[C@@H](C1CCCC1)C(F)(F)F. The maximum absolute atomic E-state index is 13.0. The van der Waals surface area contributed by atoms with Crippen molar-refractivity contribution in [3.8, 4) is 0 Å². The van der Waals surface area contributed by atoms with E-state index in [1.54, 1.807) is 0 Å². The number of rotatable bonds is 4. The summed E-state index contributed by atoms with van der Waals surface area (Å²) in [6, 6.07) is -3.09. The van der Waals surface area contributed by atoms with Crippen molar-refractivity contribution in [3.05, 3.63) is 5.01 Å². The van der Waals surface area contributed by atoms with Crippen LogP contribution in [0.15, 0.2) is 0 Å². The highest BCUT2D eigenvalue weighted by atomic mass is 32.1. The summed E-state index contributed by atoms with van der Waals surface area (Å²) in [6.07, 6.45) is -5.26. The van der Waals surface area contributed by atoms with Gasteiger partial charge in [0.2, 0.25) is 5.13 Å². The zero-order chi connectivity index (χ0) is 16.3. The molecule has 22 heavy (non-hydrogen) atoms. The number of carbonyl (C=O) groups is 1. The van der Waals surface area contributed by atoms with E-state index in [-0.39, 0.29) is 5.13 Å². The molecule has 2 amide bonds. The van der Waals surface area contributed by atoms with Crippen molar-refractivity contribution < 1.29 is 26.7 Å². The molecule has 0 bridgehead atoms. The lowest BCUT2D eigenvalue weighted by Gasteiger charge is -2.26. The van der Waals surface area contributed by atoms with Crippen LogP contribution in [-0.4, -0.2) is 28.4 Å². The molecule has 0 unspecified atom stereocenters. The van der Waals surface area contributed by atoms with Crippen LogP contribution < -0.4 is 10.6 Å². The first-order chi connectivity index (χ1) is 10.3. The quantitative estimate of drug-likeness (QED) is 0.818. The molecule has 0 aromatic carbocycles. The summed E-state index contributed by atoms with van der Waals surface area (Å²) in [4.78, 5) is 11.6. The lowest BCUT2D eigenvalue weighted by Crippen LogP contribution is -2.50. The molecule has 2 N–H and O–H groups in total. The minimum absolute atomic E-state index is 0.278. The van der Waals surface area contributed by atoms with Crippen molar-refractivity contribution in [2.45, 2.75) is 44.3 Å². The molecule has 0 spiro atoms. The molecule has 1 heterocycles. The Kier molecular flexibility index (Phi) is 5.14. The van der Waals surface area contributed by atoms with Crippen molar-refractivity contribution >= 4 is 22.5 Å². The zero-order valence-electron chi connectivity index (χ0n) is 11.2. The summed E-state index contributed by atoms with van der Waals surface area (Å²) in [5, 5.41) is 9.38. The van der Waals surface area contributed by atoms with Crippen molar-refractivity contribution in [2.24, 2.45) is 5.92 Å². The monoisotopic (exact) mass is 344 g/mol. The van der Waals surface area contributed by atoms with E-state index in [4.69, 9.17) is 0 Å². The van der Waals surface area contributed by atoms with Gasteiger partial charge in [-0.25, -0.2) is 13.6 Å². The highest BCUT2D eigenvalue weighted by molar-refractivity contribution is 7.15. The lowest BCUT2D eigenvalue weighted by atomic mass is 9.98.